The largest absolute Gasteiger partial charge is 0.381 e. The minimum Gasteiger partial charge on any atom is -0.381 e. The van der Waals surface area contributed by atoms with Gasteiger partial charge in [-0.05, 0) is 44.4 Å². The number of aryl methyl sites for hydroxylation is 1. The second-order valence-corrected chi connectivity index (χ2v) is 5.78. The molecule has 116 valence electrons. The quantitative estimate of drug-likeness (QED) is 0.844. The lowest BCUT2D eigenvalue weighted by Crippen LogP contribution is -2.46. The third-order valence-corrected chi connectivity index (χ3v) is 4.02. The van der Waals surface area contributed by atoms with E-state index in [0.29, 0.717) is 19.8 Å². The molecule has 0 radical (unpaired) electrons. The van der Waals surface area contributed by atoms with Crippen molar-refractivity contribution in [3.05, 3.63) is 29.6 Å². The van der Waals surface area contributed by atoms with Gasteiger partial charge in [0.25, 0.3) is 0 Å². The van der Waals surface area contributed by atoms with Crippen LogP contribution >= 0.6 is 0 Å². The summed E-state index contributed by atoms with van der Waals surface area (Å²) in [4.78, 5) is 11.9. The van der Waals surface area contributed by atoms with Gasteiger partial charge in [0.05, 0.1) is 12.3 Å². The van der Waals surface area contributed by atoms with E-state index in [1.807, 2.05) is 13.8 Å². The van der Waals surface area contributed by atoms with Crippen molar-refractivity contribution in [3.63, 3.8) is 0 Å². The van der Waals surface area contributed by atoms with E-state index in [2.05, 4.69) is 10.6 Å². The average Bonchev–Trinajstić information content (AvgIpc) is 2.41. The maximum atomic E-state index is 13.6. The molecule has 2 amide bonds. The van der Waals surface area contributed by atoms with Crippen LogP contribution in [0.15, 0.2) is 18.2 Å². The van der Waals surface area contributed by atoms with Crippen molar-refractivity contribution in [2.24, 2.45) is 5.41 Å². The molecule has 0 spiro atoms. The monoisotopic (exact) mass is 294 g/mol. The highest BCUT2D eigenvalue weighted by Gasteiger charge is 2.37. The number of hydrogen-bond donors (Lipinski definition) is 2. The fourth-order valence-corrected chi connectivity index (χ4v) is 2.54. The lowest BCUT2D eigenvalue weighted by Gasteiger charge is -2.41. The number of nitrogens with one attached hydrogen (secondary N) is 2. The third kappa shape index (κ3) is 4.17. The van der Waals surface area contributed by atoms with Gasteiger partial charge in [-0.3, -0.25) is 0 Å². The van der Waals surface area contributed by atoms with Crippen LogP contribution < -0.4 is 10.6 Å². The number of carbonyl (C=O) groups is 1. The zero-order valence-corrected chi connectivity index (χ0v) is 12.7. The van der Waals surface area contributed by atoms with E-state index < -0.39 is 5.82 Å². The van der Waals surface area contributed by atoms with Crippen LogP contribution in [-0.4, -0.2) is 25.8 Å². The van der Waals surface area contributed by atoms with Crippen molar-refractivity contribution in [1.82, 2.24) is 5.32 Å². The Morgan fingerprint density at radius 1 is 1.43 bits per heavy atom. The molecule has 1 aromatic rings. The number of ether oxygens (including phenoxy) is 1. The summed E-state index contributed by atoms with van der Waals surface area (Å²) < 4.78 is 19.1. The van der Waals surface area contributed by atoms with E-state index in [1.54, 1.807) is 12.1 Å². The van der Waals surface area contributed by atoms with Crippen LogP contribution in [0.25, 0.3) is 0 Å². The maximum Gasteiger partial charge on any atom is 0.319 e. The smallest absolute Gasteiger partial charge is 0.319 e. The zero-order chi connectivity index (χ0) is 15.3. The molecular formula is C16H23FN2O2. The van der Waals surface area contributed by atoms with Crippen LogP contribution in [0.1, 0.15) is 31.7 Å². The van der Waals surface area contributed by atoms with Gasteiger partial charge in [-0.2, -0.15) is 0 Å². The highest BCUT2D eigenvalue weighted by atomic mass is 19.1. The van der Waals surface area contributed by atoms with Crippen molar-refractivity contribution < 1.29 is 13.9 Å². The molecule has 0 unspecified atom stereocenters. The van der Waals surface area contributed by atoms with Crippen molar-refractivity contribution >= 4 is 11.7 Å². The minimum atomic E-state index is -0.427. The number of rotatable bonds is 6. The van der Waals surface area contributed by atoms with E-state index in [9.17, 15) is 9.18 Å². The van der Waals surface area contributed by atoms with Gasteiger partial charge >= 0.3 is 6.03 Å². The first-order chi connectivity index (χ1) is 10.0. The highest BCUT2D eigenvalue weighted by molar-refractivity contribution is 5.89. The first-order valence-corrected chi connectivity index (χ1v) is 7.43. The Bertz CT molecular complexity index is 501. The molecule has 5 heteroatoms. The molecule has 1 saturated carbocycles. The van der Waals surface area contributed by atoms with Crippen LogP contribution in [0.2, 0.25) is 0 Å². The minimum absolute atomic E-state index is 0.0541. The topological polar surface area (TPSA) is 50.4 Å². The summed E-state index contributed by atoms with van der Waals surface area (Å²) in [5.41, 5.74) is 1.16. The van der Waals surface area contributed by atoms with Crippen molar-refractivity contribution in [1.29, 1.82) is 0 Å². The van der Waals surface area contributed by atoms with Gasteiger partial charge in [0, 0.05) is 18.6 Å². The summed E-state index contributed by atoms with van der Waals surface area (Å²) in [6, 6.07) is 4.27. The van der Waals surface area contributed by atoms with Crippen molar-refractivity contribution in [3.8, 4) is 0 Å². The average molecular weight is 294 g/mol. The van der Waals surface area contributed by atoms with E-state index in [-0.39, 0.29) is 17.1 Å². The Hall–Kier alpha value is -1.62. The predicted octanol–water partition coefficient (Wildman–Crippen LogP) is 3.46. The molecule has 0 aliphatic heterocycles. The van der Waals surface area contributed by atoms with E-state index >= 15 is 0 Å². The Kier molecular flexibility index (Phi) is 5.17. The van der Waals surface area contributed by atoms with Gasteiger partial charge in [-0.1, -0.05) is 12.5 Å². The van der Waals surface area contributed by atoms with E-state index in [0.717, 1.165) is 18.4 Å². The molecule has 21 heavy (non-hydrogen) atoms. The molecule has 0 aromatic heterocycles. The Morgan fingerprint density at radius 2 is 2.19 bits per heavy atom. The highest BCUT2D eigenvalue weighted by Crippen LogP contribution is 2.40. The normalized spacial score (nSPS) is 16.1. The number of anilines is 1. The molecule has 4 nitrogen and oxygen atoms in total. The number of urea groups is 1. The molecule has 0 bridgehead atoms. The first-order valence-electron chi connectivity index (χ1n) is 7.43. The molecule has 1 aliphatic rings. The summed E-state index contributed by atoms with van der Waals surface area (Å²) in [6.07, 6.45) is 3.29. The lowest BCUT2D eigenvalue weighted by atomic mass is 9.69. The van der Waals surface area contributed by atoms with Gasteiger partial charge in [-0.15, -0.1) is 0 Å². The second-order valence-electron chi connectivity index (χ2n) is 5.78. The standard InChI is InChI=1S/C16H23FN2O2/c1-3-21-11-16(7-4-8-16)10-18-15(20)19-14-9-12(2)5-6-13(14)17/h5-6,9H,3-4,7-8,10-11H2,1-2H3,(H2,18,19,20). The number of amides is 2. The van der Waals surface area contributed by atoms with Gasteiger partial charge in [0.1, 0.15) is 5.82 Å². The summed E-state index contributed by atoms with van der Waals surface area (Å²) in [7, 11) is 0. The first kappa shape index (κ1) is 15.8. The fourth-order valence-electron chi connectivity index (χ4n) is 2.54. The fraction of sp³-hybridized carbons (Fsp3) is 0.562. The third-order valence-electron chi connectivity index (χ3n) is 4.02. The molecule has 0 heterocycles. The van der Waals surface area contributed by atoms with Crippen LogP contribution in [-0.2, 0) is 4.74 Å². The molecule has 1 aromatic carbocycles. The Morgan fingerprint density at radius 3 is 2.81 bits per heavy atom. The molecule has 2 N–H and O–H groups in total. The van der Waals surface area contributed by atoms with E-state index in [4.69, 9.17) is 4.74 Å². The van der Waals surface area contributed by atoms with Crippen LogP contribution in [0, 0.1) is 18.2 Å². The van der Waals surface area contributed by atoms with Gasteiger partial charge in [-0.25, -0.2) is 9.18 Å². The number of carbonyl (C=O) groups excluding carboxylic acids is 1. The predicted molar refractivity (Wildman–Crippen MR) is 80.9 cm³/mol. The Balaban J connectivity index is 1.85. The lowest BCUT2D eigenvalue weighted by molar-refractivity contribution is 0.00132. The SMILES string of the molecule is CCOCC1(CNC(=O)Nc2cc(C)ccc2F)CCC1. The molecule has 0 saturated heterocycles. The molecule has 1 aliphatic carbocycles. The summed E-state index contributed by atoms with van der Waals surface area (Å²) in [5.74, 6) is -0.427. The van der Waals surface area contributed by atoms with Gasteiger partial charge in [0.2, 0.25) is 0 Å². The molecule has 0 atom stereocenters. The van der Waals surface area contributed by atoms with Crippen LogP contribution in [0.3, 0.4) is 0 Å². The van der Waals surface area contributed by atoms with Crippen molar-refractivity contribution in [2.45, 2.75) is 33.1 Å². The number of benzene rings is 1. The number of hydrogen-bond acceptors (Lipinski definition) is 2. The molecular weight excluding hydrogens is 271 g/mol. The maximum absolute atomic E-state index is 13.6. The summed E-state index contributed by atoms with van der Waals surface area (Å²) >= 11 is 0. The summed E-state index contributed by atoms with van der Waals surface area (Å²) in [5, 5.41) is 5.39. The number of halogens is 1. The van der Waals surface area contributed by atoms with Crippen LogP contribution in [0.4, 0.5) is 14.9 Å². The zero-order valence-electron chi connectivity index (χ0n) is 12.7. The molecule has 2 rings (SSSR count). The van der Waals surface area contributed by atoms with E-state index in [1.165, 1.54) is 12.5 Å². The summed E-state index contributed by atoms with van der Waals surface area (Å²) in [6.45, 7) is 5.73. The van der Waals surface area contributed by atoms with Gasteiger partial charge < -0.3 is 15.4 Å². The van der Waals surface area contributed by atoms with Crippen molar-refractivity contribution in [2.75, 3.05) is 25.1 Å². The second kappa shape index (κ2) is 6.89. The van der Waals surface area contributed by atoms with Gasteiger partial charge in [0.15, 0.2) is 0 Å². The molecule has 1 fully saturated rings. The Labute approximate surface area is 125 Å². The van der Waals surface area contributed by atoms with Crippen LogP contribution in [0.5, 0.6) is 0 Å².